The van der Waals surface area contributed by atoms with Gasteiger partial charge in [0.15, 0.2) is 5.82 Å². The Kier molecular flexibility index (Phi) is 2.50. The Balaban J connectivity index is 1.73. The zero-order chi connectivity index (χ0) is 11.9. The van der Waals surface area contributed by atoms with Crippen LogP contribution in [0.1, 0.15) is 48.6 Å². The maximum atomic E-state index is 4.34. The van der Waals surface area contributed by atoms with Crippen LogP contribution in [0.25, 0.3) is 10.7 Å². The van der Waals surface area contributed by atoms with Gasteiger partial charge in [0.25, 0.3) is 0 Å². The van der Waals surface area contributed by atoms with Gasteiger partial charge < -0.3 is 4.57 Å². The van der Waals surface area contributed by atoms with Gasteiger partial charge in [0, 0.05) is 10.9 Å². The Bertz CT molecular complexity index is 542. The highest BCUT2D eigenvalue weighted by molar-refractivity contribution is 7.15. The van der Waals surface area contributed by atoms with Crippen molar-refractivity contribution in [3.8, 4) is 10.7 Å². The lowest BCUT2D eigenvalue weighted by Crippen LogP contribution is -1.94. The van der Waals surface area contributed by atoms with E-state index in [1.54, 1.807) is 10.4 Å². The summed E-state index contributed by atoms with van der Waals surface area (Å²) in [6, 6.07) is 3.03. The summed E-state index contributed by atoms with van der Waals surface area (Å²) in [6.45, 7) is 0. The van der Waals surface area contributed by atoms with Crippen molar-refractivity contribution in [3.63, 3.8) is 0 Å². The zero-order valence-electron chi connectivity index (χ0n) is 10.4. The van der Waals surface area contributed by atoms with Crippen molar-refractivity contribution in [2.45, 2.75) is 51.0 Å². The maximum Gasteiger partial charge on any atom is 0.174 e. The first-order chi connectivity index (χ1) is 8.92. The molecule has 0 N–H and O–H groups in total. The van der Waals surface area contributed by atoms with E-state index in [9.17, 15) is 0 Å². The van der Waals surface area contributed by atoms with E-state index in [0.717, 1.165) is 5.82 Å². The third-order valence-corrected chi connectivity index (χ3v) is 5.21. The number of hydrogen-bond donors (Lipinski definition) is 0. The largest absolute Gasteiger partial charge is 0.310 e. The Labute approximate surface area is 111 Å². The quantitative estimate of drug-likeness (QED) is 0.771. The Morgan fingerprint density at radius 1 is 1.17 bits per heavy atom. The van der Waals surface area contributed by atoms with Crippen LogP contribution in [-0.4, -0.2) is 14.8 Å². The summed E-state index contributed by atoms with van der Waals surface area (Å²) >= 11 is 1.94. The molecule has 2 aromatic rings. The standard InChI is InChI=1S/C14H17N3S/c1-2-4-10-8-13(18-12(10)5-3-1)14-16-15-9-17(14)11-6-7-11/h8-9,11H,1-7H2. The van der Waals surface area contributed by atoms with Crippen molar-refractivity contribution in [3.05, 3.63) is 22.8 Å². The molecule has 4 rings (SSSR count). The molecule has 0 spiro atoms. The maximum absolute atomic E-state index is 4.34. The lowest BCUT2D eigenvalue weighted by atomic mass is 10.1. The van der Waals surface area contributed by atoms with Crippen LogP contribution in [0.5, 0.6) is 0 Å². The molecule has 3 nitrogen and oxygen atoms in total. The summed E-state index contributed by atoms with van der Waals surface area (Å²) in [4.78, 5) is 2.92. The van der Waals surface area contributed by atoms with Gasteiger partial charge in [-0.25, -0.2) is 0 Å². The molecule has 1 fully saturated rings. The average molecular weight is 259 g/mol. The SMILES string of the molecule is c1c(-c2nncn2C2CC2)sc2c1CCCCC2. The third-order valence-electron chi connectivity index (χ3n) is 3.98. The van der Waals surface area contributed by atoms with Gasteiger partial charge in [-0.3, -0.25) is 0 Å². The highest BCUT2D eigenvalue weighted by Gasteiger charge is 2.27. The van der Waals surface area contributed by atoms with Crippen LogP contribution in [-0.2, 0) is 12.8 Å². The van der Waals surface area contributed by atoms with Gasteiger partial charge in [0.2, 0.25) is 0 Å². The van der Waals surface area contributed by atoms with Crippen molar-refractivity contribution in [1.82, 2.24) is 14.8 Å². The molecule has 2 heterocycles. The fourth-order valence-electron chi connectivity index (χ4n) is 2.82. The van der Waals surface area contributed by atoms with E-state index in [4.69, 9.17) is 0 Å². The minimum Gasteiger partial charge on any atom is -0.310 e. The predicted molar refractivity (Wildman–Crippen MR) is 72.9 cm³/mol. The van der Waals surface area contributed by atoms with Crippen LogP contribution in [0, 0.1) is 0 Å². The molecule has 0 atom stereocenters. The molecule has 0 bridgehead atoms. The second-order valence-electron chi connectivity index (χ2n) is 5.41. The second kappa shape index (κ2) is 4.19. The smallest absolute Gasteiger partial charge is 0.174 e. The van der Waals surface area contributed by atoms with Crippen LogP contribution >= 0.6 is 11.3 Å². The molecule has 1 saturated carbocycles. The summed E-state index contributed by atoms with van der Waals surface area (Å²) in [6.07, 6.45) is 11.1. The Hall–Kier alpha value is -1.16. The van der Waals surface area contributed by atoms with Crippen LogP contribution < -0.4 is 0 Å². The van der Waals surface area contributed by atoms with Gasteiger partial charge in [-0.05, 0) is 50.2 Å². The summed E-state index contributed by atoms with van der Waals surface area (Å²) in [5.74, 6) is 1.09. The average Bonchev–Trinajstić information content (AvgIpc) is 3.05. The fraction of sp³-hybridized carbons (Fsp3) is 0.571. The molecule has 4 heteroatoms. The summed E-state index contributed by atoms with van der Waals surface area (Å²) in [5.41, 5.74) is 1.57. The molecule has 0 aromatic carbocycles. The lowest BCUT2D eigenvalue weighted by molar-refractivity contribution is 0.712. The molecule has 0 saturated heterocycles. The molecule has 0 aliphatic heterocycles. The van der Waals surface area contributed by atoms with Crippen molar-refractivity contribution < 1.29 is 0 Å². The number of nitrogens with zero attached hydrogens (tertiary/aromatic N) is 3. The topological polar surface area (TPSA) is 30.7 Å². The number of thiophene rings is 1. The van der Waals surface area contributed by atoms with E-state index in [-0.39, 0.29) is 0 Å². The number of aromatic nitrogens is 3. The van der Waals surface area contributed by atoms with Crippen molar-refractivity contribution in [1.29, 1.82) is 0 Å². The van der Waals surface area contributed by atoms with Gasteiger partial charge in [0.05, 0.1) is 4.88 Å². The van der Waals surface area contributed by atoms with E-state index in [0.29, 0.717) is 6.04 Å². The monoisotopic (exact) mass is 259 g/mol. The molecule has 2 aliphatic carbocycles. The Morgan fingerprint density at radius 2 is 2.06 bits per heavy atom. The van der Waals surface area contributed by atoms with Crippen LogP contribution in [0.2, 0.25) is 0 Å². The normalized spacial score (nSPS) is 19.6. The second-order valence-corrected chi connectivity index (χ2v) is 6.55. The van der Waals surface area contributed by atoms with E-state index >= 15 is 0 Å². The molecular formula is C14H17N3S. The minimum absolute atomic E-state index is 0.664. The predicted octanol–water partition coefficient (Wildman–Crippen LogP) is 3.61. The summed E-state index contributed by atoms with van der Waals surface area (Å²) in [7, 11) is 0. The minimum atomic E-state index is 0.664. The van der Waals surface area contributed by atoms with Gasteiger partial charge in [-0.15, -0.1) is 21.5 Å². The van der Waals surface area contributed by atoms with Gasteiger partial charge in [0.1, 0.15) is 6.33 Å². The first-order valence-electron chi connectivity index (χ1n) is 6.93. The first-order valence-corrected chi connectivity index (χ1v) is 7.75. The summed E-state index contributed by atoms with van der Waals surface area (Å²) < 4.78 is 2.27. The van der Waals surface area contributed by atoms with Gasteiger partial charge in [-0.2, -0.15) is 0 Å². The number of aryl methyl sites for hydroxylation is 2. The highest BCUT2D eigenvalue weighted by atomic mass is 32.1. The number of fused-ring (bicyclic) bond motifs is 1. The van der Waals surface area contributed by atoms with Crippen molar-refractivity contribution >= 4 is 11.3 Å². The number of rotatable bonds is 2. The fourth-order valence-corrected chi connectivity index (χ4v) is 4.06. The van der Waals surface area contributed by atoms with Crippen LogP contribution in [0.4, 0.5) is 0 Å². The van der Waals surface area contributed by atoms with Gasteiger partial charge >= 0.3 is 0 Å². The van der Waals surface area contributed by atoms with Crippen LogP contribution in [0.15, 0.2) is 12.4 Å². The molecule has 2 aromatic heterocycles. The molecule has 2 aliphatic rings. The molecule has 94 valence electrons. The van der Waals surface area contributed by atoms with E-state index in [1.807, 2.05) is 17.7 Å². The summed E-state index contributed by atoms with van der Waals surface area (Å²) in [5, 5.41) is 8.44. The van der Waals surface area contributed by atoms with Crippen molar-refractivity contribution in [2.24, 2.45) is 0 Å². The molecule has 0 radical (unpaired) electrons. The number of hydrogen-bond acceptors (Lipinski definition) is 3. The zero-order valence-corrected chi connectivity index (χ0v) is 11.2. The Morgan fingerprint density at radius 3 is 2.94 bits per heavy atom. The van der Waals surface area contributed by atoms with Crippen molar-refractivity contribution in [2.75, 3.05) is 0 Å². The van der Waals surface area contributed by atoms with E-state index < -0.39 is 0 Å². The van der Waals surface area contributed by atoms with E-state index in [2.05, 4.69) is 20.8 Å². The first kappa shape index (κ1) is 10.7. The van der Waals surface area contributed by atoms with Crippen LogP contribution in [0.3, 0.4) is 0 Å². The molecular weight excluding hydrogens is 242 g/mol. The highest BCUT2D eigenvalue weighted by Crippen LogP contribution is 2.40. The molecule has 0 unspecified atom stereocenters. The lowest BCUT2D eigenvalue weighted by Gasteiger charge is -2.01. The van der Waals surface area contributed by atoms with E-state index in [1.165, 1.54) is 49.8 Å². The molecule has 18 heavy (non-hydrogen) atoms. The van der Waals surface area contributed by atoms with Gasteiger partial charge in [-0.1, -0.05) is 6.42 Å². The third kappa shape index (κ3) is 1.79. The molecule has 0 amide bonds.